The van der Waals surface area contributed by atoms with Gasteiger partial charge in [-0.25, -0.2) is 0 Å². The number of allylic oxidation sites excluding steroid dienone is 2. The number of nitrogens with one attached hydrogen (secondary N) is 1. The molecule has 2 saturated carbocycles. The van der Waals surface area contributed by atoms with Gasteiger partial charge in [-0.15, -0.1) is 0 Å². The van der Waals surface area contributed by atoms with Crippen molar-refractivity contribution in [2.75, 3.05) is 5.32 Å². The molecule has 134 valence electrons. The van der Waals surface area contributed by atoms with E-state index < -0.39 is 11.9 Å². The van der Waals surface area contributed by atoms with Crippen molar-refractivity contribution in [1.29, 1.82) is 0 Å². The third-order valence-corrected chi connectivity index (χ3v) is 6.92. The lowest BCUT2D eigenvalue weighted by Gasteiger charge is -2.37. The Hall–Kier alpha value is -2.14. The molecule has 6 heteroatoms. The molecule has 1 N–H and O–H groups in total. The van der Waals surface area contributed by atoms with E-state index in [1.807, 2.05) is 0 Å². The number of benzene rings is 1. The summed E-state index contributed by atoms with van der Waals surface area (Å²) in [5.41, 5.74) is 0.477. The average molecular weight is 371 g/mol. The van der Waals surface area contributed by atoms with Crippen LogP contribution in [-0.4, -0.2) is 28.7 Å². The van der Waals surface area contributed by atoms with Crippen molar-refractivity contribution in [2.24, 2.45) is 35.5 Å². The Morgan fingerprint density at radius 3 is 2.27 bits per heavy atom. The Morgan fingerprint density at radius 1 is 1.12 bits per heavy atom. The number of carbonyl (C=O) groups is 3. The lowest BCUT2D eigenvalue weighted by Crippen LogP contribution is -2.46. The second-order valence-electron chi connectivity index (χ2n) is 7.85. The molecule has 26 heavy (non-hydrogen) atoms. The fourth-order valence-corrected chi connectivity index (χ4v) is 5.46. The Balaban J connectivity index is 1.39. The maximum atomic E-state index is 13.0. The van der Waals surface area contributed by atoms with E-state index in [-0.39, 0.29) is 35.5 Å². The van der Waals surface area contributed by atoms with Gasteiger partial charge in [0.25, 0.3) is 0 Å². The molecule has 3 fully saturated rings. The van der Waals surface area contributed by atoms with Gasteiger partial charge in [0.1, 0.15) is 6.04 Å². The fourth-order valence-electron chi connectivity index (χ4n) is 5.28. The van der Waals surface area contributed by atoms with Gasteiger partial charge in [-0.2, -0.15) is 0 Å². The van der Waals surface area contributed by atoms with E-state index in [0.717, 1.165) is 6.42 Å². The van der Waals surface area contributed by atoms with Crippen LogP contribution in [-0.2, 0) is 14.4 Å². The molecule has 7 atom stereocenters. The molecule has 1 heterocycles. The second-order valence-corrected chi connectivity index (χ2v) is 8.25. The molecule has 6 rings (SSSR count). The molecule has 1 aliphatic heterocycles. The first-order valence-corrected chi connectivity index (χ1v) is 9.47. The van der Waals surface area contributed by atoms with Crippen molar-refractivity contribution >= 4 is 35.0 Å². The Bertz CT molecular complexity index is 830. The lowest BCUT2D eigenvalue weighted by molar-refractivity contribution is -0.146. The lowest BCUT2D eigenvalue weighted by atomic mass is 9.63. The maximum absolute atomic E-state index is 13.0. The molecule has 3 amide bonds. The zero-order valence-electron chi connectivity index (χ0n) is 14.3. The molecule has 4 aliphatic carbocycles. The van der Waals surface area contributed by atoms with Crippen molar-refractivity contribution in [3.8, 4) is 0 Å². The summed E-state index contributed by atoms with van der Waals surface area (Å²) in [5, 5.41) is 3.15. The topological polar surface area (TPSA) is 66.5 Å². The van der Waals surface area contributed by atoms with Gasteiger partial charge in [-0.1, -0.05) is 35.9 Å². The number of amides is 3. The molecule has 0 spiro atoms. The summed E-state index contributed by atoms with van der Waals surface area (Å²) < 4.78 is 0. The van der Waals surface area contributed by atoms with E-state index in [2.05, 4.69) is 17.5 Å². The molecule has 5 aliphatic rings. The number of halogens is 1. The van der Waals surface area contributed by atoms with E-state index in [4.69, 9.17) is 11.6 Å². The Labute approximate surface area is 156 Å². The highest BCUT2D eigenvalue weighted by Crippen LogP contribution is 2.65. The number of anilines is 1. The van der Waals surface area contributed by atoms with Gasteiger partial charge in [-0.05, 0) is 49.1 Å². The normalized spacial score (nSPS) is 37.4. The molecule has 0 unspecified atom stereocenters. The van der Waals surface area contributed by atoms with Crippen LogP contribution >= 0.6 is 11.6 Å². The molecule has 0 radical (unpaired) electrons. The van der Waals surface area contributed by atoms with Crippen molar-refractivity contribution in [3.63, 3.8) is 0 Å². The molecule has 1 aromatic rings. The standard InChI is InChI=1S/C20H19ClN2O3/c1-9(18(24)22-15-5-3-2-4-14(15)21)23-19(25)16-10-6-7-11(13-8-12(10)13)17(16)20(23)26/h2-7,9-13,16-17H,8H2,1H3,(H,22,24)/t9-,10+,11+,12+,13+,16-,17+/m1/s1. The monoisotopic (exact) mass is 370 g/mol. The molecule has 5 nitrogen and oxygen atoms in total. The number of imide groups is 1. The number of rotatable bonds is 3. The maximum Gasteiger partial charge on any atom is 0.247 e. The molecule has 1 saturated heterocycles. The third kappa shape index (κ3) is 2.07. The Morgan fingerprint density at radius 2 is 1.69 bits per heavy atom. The summed E-state index contributed by atoms with van der Waals surface area (Å²) in [7, 11) is 0. The number of nitrogens with zero attached hydrogens (tertiary/aromatic N) is 1. The predicted octanol–water partition coefficient (Wildman–Crippen LogP) is 2.72. The van der Waals surface area contributed by atoms with Crippen LogP contribution in [0.15, 0.2) is 36.4 Å². The van der Waals surface area contributed by atoms with Crippen LogP contribution in [0.5, 0.6) is 0 Å². The van der Waals surface area contributed by atoms with E-state index in [9.17, 15) is 14.4 Å². The highest BCUT2D eigenvalue weighted by molar-refractivity contribution is 6.33. The summed E-state index contributed by atoms with van der Waals surface area (Å²) >= 11 is 6.09. The highest BCUT2D eigenvalue weighted by atomic mass is 35.5. The van der Waals surface area contributed by atoms with Crippen LogP contribution < -0.4 is 5.32 Å². The van der Waals surface area contributed by atoms with Gasteiger partial charge < -0.3 is 5.32 Å². The minimum Gasteiger partial charge on any atom is -0.323 e. The van der Waals surface area contributed by atoms with Crippen LogP contribution in [0.3, 0.4) is 0 Å². The van der Waals surface area contributed by atoms with E-state index >= 15 is 0 Å². The summed E-state index contributed by atoms with van der Waals surface area (Å²) in [4.78, 5) is 39.9. The highest BCUT2D eigenvalue weighted by Gasteiger charge is 2.67. The largest absolute Gasteiger partial charge is 0.323 e. The zero-order valence-corrected chi connectivity index (χ0v) is 15.0. The fraction of sp³-hybridized carbons (Fsp3) is 0.450. The summed E-state index contributed by atoms with van der Waals surface area (Å²) in [5.74, 6) is 0.0894. The van der Waals surface area contributed by atoms with Gasteiger partial charge in [0.2, 0.25) is 17.7 Å². The first-order valence-electron chi connectivity index (χ1n) is 9.09. The first-order chi connectivity index (χ1) is 12.5. The quantitative estimate of drug-likeness (QED) is 0.657. The van der Waals surface area contributed by atoms with Crippen LogP contribution in [0, 0.1) is 35.5 Å². The minimum atomic E-state index is -0.854. The minimum absolute atomic E-state index is 0.162. The number of hydrogen-bond acceptors (Lipinski definition) is 3. The van der Waals surface area contributed by atoms with Gasteiger partial charge in [-0.3, -0.25) is 19.3 Å². The van der Waals surface area contributed by atoms with E-state index in [1.54, 1.807) is 31.2 Å². The van der Waals surface area contributed by atoms with Gasteiger partial charge in [0.15, 0.2) is 0 Å². The van der Waals surface area contributed by atoms with Crippen LogP contribution in [0.1, 0.15) is 13.3 Å². The van der Waals surface area contributed by atoms with Crippen molar-refractivity contribution < 1.29 is 14.4 Å². The zero-order chi connectivity index (χ0) is 18.2. The van der Waals surface area contributed by atoms with Gasteiger partial charge >= 0.3 is 0 Å². The second kappa shape index (κ2) is 5.43. The van der Waals surface area contributed by atoms with Crippen LogP contribution in [0.4, 0.5) is 5.69 Å². The molecule has 2 bridgehead atoms. The number of para-hydroxylation sites is 1. The summed E-state index contributed by atoms with van der Waals surface area (Å²) in [6.45, 7) is 1.61. The molecule has 1 aromatic carbocycles. The van der Waals surface area contributed by atoms with E-state index in [0.29, 0.717) is 22.5 Å². The van der Waals surface area contributed by atoms with Crippen LogP contribution in [0.2, 0.25) is 5.02 Å². The summed E-state index contributed by atoms with van der Waals surface area (Å²) in [6.07, 6.45) is 5.38. The molecule has 0 aromatic heterocycles. The number of carbonyl (C=O) groups excluding carboxylic acids is 3. The van der Waals surface area contributed by atoms with Crippen molar-refractivity contribution in [3.05, 3.63) is 41.4 Å². The third-order valence-electron chi connectivity index (χ3n) is 6.60. The first kappa shape index (κ1) is 16.1. The van der Waals surface area contributed by atoms with Crippen LogP contribution in [0.25, 0.3) is 0 Å². The predicted molar refractivity (Wildman–Crippen MR) is 96.1 cm³/mol. The Kier molecular flexibility index (Phi) is 3.35. The average Bonchev–Trinajstić information content (AvgIpc) is 3.41. The van der Waals surface area contributed by atoms with Crippen molar-refractivity contribution in [1.82, 2.24) is 4.90 Å². The molecular weight excluding hydrogens is 352 g/mol. The molecular formula is C20H19ClN2O3. The smallest absolute Gasteiger partial charge is 0.247 e. The van der Waals surface area contributed by atoms with Gasteiger partial charge in [0.05, 0.1) is 22.5 Å². The van der Waals surface area contributed by atoms with Gasteiger partial charge in [0, 0.05) is 0 Å². The van der Waals surface area contributed by atoms with Crippen molar-refractivity contribution in [2.45, 2.75) is 19.4 Å². The number of hydrogen-bond donors (Lipinski definition) is 1. The summed E-state index contributed by atoms with van der Waals surface area (Å²) in [6, 6.07) is 6.06. The SMILES string of the molecule is C[C@H](C(=O)Nc1ccccc1Cl)N1C(=O)[C@@H]2[C@H]3C=C[C@@H]([C@@H]4C[C@@H]34)[C@@H]2C1=O. The van der Waals surface area contributed by atoms with E-state index in [1.165, 1.54) is 4.90 Å². The number of likely N-dealkylation sites (tertiary alicyclic amines) is 1.